The van der Waals surface area contributed by atoms with E-state index in [1.54, 1.807) is 38.5 Å². The molecule has 1 amide bonds. The van der Waals surface area contributed by atoms with Gasteiger partial charge in [0.25, 0.3) is 5.91 Å². The molecule has 0 saturated carbocycles. The van der Waals surface area contributed by atoms with Crippen LogP contribution in [0.25, 0.3) is 28.1 Å². The number of aryl methyl sites for hydroxylation is 1. The van der Waals surface area contributed by atoms with Crippen molar-refractivity contribution in [3.8, 4) is 17.1 Å². The van der Waals surface area contributed by atoms with Gasteiger partial charge in [0.05, 0.1) is 17.2 Å². The Hall–Kier alpha value is -5.54. The van der Waals surface area contributed by atoms with E-state index in [0.717, 1.165) is 22.2 Å². The first-order chi connectivity index (χ1) is 19.5. The zero-order valence-electron chi connectivity index (χ0n) is 21.8. The van der Waals surface area contributed by atoms with Gasteiger partial charge in [-0.25, -0.2) is 14.3 Å². The summed E-state index contributed by atoms with van der Waals surface area (Å²) in [6.07, 6.45) is -3.43. The summed E-state index contributed by atoms with van der Waals surface area (Å²) in [5.41, 5.74) is 4.12. The van der Waals surface area contributed by atoms with Crippen LogP contribution in [0.1, 0.15) is 16.2 Å². The molecule has 16 heteroatoms. The summed E-state index contributed by atoms with van der Waals surface area (Å²) in [4.78, 5) is 38.9. The third kappa shape index (κ3) is 6.55. The number of carbonyl (C=O) groups is 2. The number of nitrogens with one attached hydrogen (secondary N) is 4. The van der Waals surface area contributed by atoms with E-state index < -0.39 is 12.1 Å². The maximum atomic E-state index is 11.9. The molecule has 0 atom stereocenters. The molecule has 0 radical (unpaired) electrons. The maximum absolute atomic E-state index is 11.9. The number of aliphatic carboxylic acids is 1. The summed E-state index contributed by atoms with van der Waals surface area (Å²) in [5, 5.41) is 22.9. The Morgan fingerprint density at radius 3 is 2.22 bits per heavy atom. The quantitative estimate of drug-likeness (QED) is 0.203. The molecule has 0 bridgehead atoms. The van der Waals surface area contributed by atoms with Gasteiger partial charge in [0, 0.05) is 25.7 Å². The second-order valence-corrected chi connectivity index (χ2v) is 8.29. The van der Waals surface area contributed by atoms with Gasteiger partial charge < -0.3 is 21.1 Å². The molecule has 5 N–H and O–H groups in total. The zero-order chi connectivity index (χ0) is 29.7. The molecule has 212 valence electrons. The van der Waals surface area contributed by atoms with Gasteiger partial charge in [-0.15, -0.1) is 0 Å². The minimum atomic E-state index is -5.08. The topological polar surface area (TPSA) is 176 Å². The van der Waals surface area contributed by atoms with Gasteiger partial charge in [0.15, 0.2) is 0 Å². The van der Waals surface area contributed by atoms with Crippen LogP contribution in [0.5, 0.6) is 0 Å². The second-order valence-electron chi connectivity index (χ2n) is 8.29. The fraction of sp³-hybridized carbons (Fsp3) is 0.160. The van der Waals surface area contributed by atoms with Gasteiger partial charge in [0.1, 0.15) is 11.6 Å². The summed E-state index contributed by atoms with van der Waals surface area (Å²) in [6.45, 7) is 1.81. The Kier molecular flexibility index (Phi) is 8.11. The lowest BCUT2D eigenvalue weighted by Gasteiger charge is -2.10. The van der Waals surface area contributed by atoms with Crippen molar-refractivity contribution in [1.29, 1.82) is 0 Å². The number of alkyl halides is 3. The van der Waals surface area contributed by atoms with Crippen LogP contribution in [-0.4, -0.2) is 72.0 Å². The SMILES string of the molecule is CNC(=O)c1ccc(-c2ccc3c(c2)nc(Nc2ccn[nH]2)n3-c2nc(C)nc(NC)n2)cc1.O=C(O)C(F)(F)F. The van der Waals surface area contributed by atoms with Gasteiger partial charge in [0.2, 0.25) is 17.8 Å². The first-order valence-corrected chi connectivity index (χ1v) is 11.8. The molecule has 41 heavy (non-hydrogen) atoms. The number of aromatic amines is 1. The Labute approximate surface area is 229 Å². The van der Waals surface area contributed by atoms with E-state index in [9.17, 15) is 18.0 Å². The average Bonchev–Trinajstić information content (AvgIpc) is 3.59. The van der Waals surface area contributed by atoms with E-state index in [4.69, 9.17) is 14.9 Å². The molecule has 0 aliphatic heterocycles. The van der Waals surface area contributed by atoms with Gasteiger partial charge >= 0.3 is 12.1 Å². The van der Waals surface area contributed by atoms with Gasteiger partial charge in [-0.05, 0) is 42.3 Å². The highest BCUT2D eigenvalue weighted by Gasteiger charge is 2.38. The number of carboxylic acids is 1. The molecule has 0 fully saturated rings. The van der Waals surface area contributed by atoms with Crippen molar-refractivity contribution in [3.63, 3.8) is 0 Å². The van der Waals surface area contributed by atoms with Crippen molar-refractivity contribution >= 4 is 40.6 Å². The number of imidazole rings is 1. The second kappa shape index (κ2) is 11.7. The Bertz CT molecular complexity index is 1680. The predicted octanol–water partition coefficient (Wildman–Crippen LogP) is 3.69. The molecule has 0 spiro atoms. The van der Waals surface area contributed by atoms with Crippen LogP contribution in [0.15, 0.2) is 54.7 Å². The molecule has 3 heterocycles. The number of benzene rings is 2. The van der Waals surface area contributed by atoms with Crippen molar-refractivity contribution in [1.82, 2.24) is 40.0 Å². The fourth-order valence-corrected chi connectivity index (χ4v) is 3.63. The number of hydrogen-bond acceptors (Lipinski definition) is 9. The highest BCUT2D eigenvalue weighted by atomic mass is 19.4. The number of H-pyrrole nitrogens is 1. The highest BCUT2D eigenvalue weighted by Crippen LogP contribution is 2.29. The number of halogens is 3. The summed E-state index contributed by atoms with van der Waals surface area (Å²) in [5.74, 6) is -0.193. The maximum Gasteiger partial charge on any atom is 0.490 e. The van der Waals surface area contributed by atoms with Crippen molar-refractivity contribution in [2.75, 3.05) is 24.7 Å². The van der Waals surface area contributed by atoms with Crippen molar-refractivity contribution in [2.45, 2.75) is 13.1 Å². The molecule has 0 saturated heterocycles. The van der Waals surface area contributed by atoms with Crippen LogP contribution >= 0.6 is 0 Å². The molecule has 0 unspecified atom stereocenters. The molecular formula is C25H23F3N10O3. The summed E-state index contributed by atoms with van der Waals surface area (Å²) in [6, 6.07) is 15.2. The van der Waals surface area contributed by atoms with Gasteiger partial charge in [-0.3, -0.25) is 9.89 Å². The third-order valence-electron chi connectivity index (χ3n) is 5.51. The highest BCUT2D eigenvalue weighted by molar-refractivity contribution is 5.94. The summed E-state index contributed by atoms with van der Waals surface area (Å²) in [7, 11) is 3.37. The Morgan fingerprint density at radius 2 is 1.63 bits per heavy atom. The minimum absolute atomic E-state index is 0.121. The van der Waals surface area contributed by atoms with Crippen molar-refractivity contribution in [2.24, 2.45) is 0 Å². The molecule has 5 aromatic rings. The van der Waals surface area contributed by atoms with Gasteiger partial charge in [-0.1, -0.05) is 18.2 Å². The van der Waals surface area contributed by atoms with Crippen LogP contribution in [-0.2, 0) is 4.79 Å². The van der Waals surface area contributed by atoms with E-state index in [1.807, 2.05) is 41.8 Å². The van der Waals surface area contributed by atoms with E-state index in [0.29, 0.717) is 35.1 Å². The Morgan fingerprint density at radius 1 is 0.951 bits per heavy atom. The average molecular weight is 569 g/mol. The summed E-state index contributed by atoms with van der Waals surface area (Å²) < 4.78 is 33.6. The predicted molar refractivity (Wildman–Crippen MR) is 143 cm³/mol. The number of aromatic nitrogens is 7. The van der Waals surface area contributed by atoms with Crippen LogP contribution in [0.3, 0.4) is 0 Å². The number of hydrogen-bond donors (Lipinski definition) is 5. The third-order valence-corrected chi connectivity index (χ3v) is 5.51. The van der Waals surface area contributed by atoms with E-state index in [2.05, 4.69) is 41.1 Å². The molecule has 13 nitrogen and oxygen atoms in total. The fourth-order valence-electron chi connectivity index (χ4n) is 3.63. The van der Waals surface area contributed by atoms with Crippen molar-refractivity contribution in [3.05, 3.63) is 66.1 Å². The minimum Gasteiger partial charge on any atom is -0.475 e. The number of rotatable bonds is 6. The number of anilines is 3. The molecule has 2 aromatic carbocycles. The Balaban J connectivity index is 0.000000493. The smallest absolute Gasteiger partial charge is 0.475 e. The lowest BCUT2D eigenvalue weighted by Crippen LogP contribution is -2.21. The largest absolute Gasteiger partial charge is 0.490 e. The van der Waals surface area contributed by atoms with Gasteiger partial charge in [-0.2, -0.15) is 33.2 Å². The molecular weight excluding hydrogens is 545 g/mol. The van der Waals surface area contributed by atoms with Crippen LogP contribution in [0.4, 0.5) is 30.9 Å². The number of nitrogens with zero attached hydrogens (tertiary/aromatic N) is 6. The van der Waals surface area contributed by atoms with E-state index in [-0.39, 0.29) is 5.91 Å². The van der Waals surface area contributed by atoms with Crippen molar-refractivity contribution < 1.29 is 27.9 Å². The first kappa shape index (κ1) is 28.5. The molecule has 3 aromatic heterocycles. The standard InChI is InChI=1S/C23H22N10O.C2HF3O2/c1-13-27-21(25-3)31-22(28-13)33-18-9-8-16(14-4-6-15(7-5-14)20(34)24-2)12-17(18)29-23(33)30-19-10-11-26-32-19;3-2(4,5)1(6)7/h4-12H,1-3H3,(H,24,34)(H,25,27,28,31)(H2,26,29,30,32);(H,6,7). The lowest BCUT2D eigenvalue weighted by molar-refractivity contribution is -0.192. The molecule has 5 rings (SSSR count). The van der Waals surface area contributed by atoms with Crippen LogP contribution in [0, 0.1) is 6.92 Å². The normalized spacial score (nSPS) is 11.0. The molecule has 0 aliphatic carbocycles. The monoisotopic (exact) mass is 568 g/mol. The van der Waals surface area contributed by atoms with E-state index in [1.165, 1.54) is 0 Å². The number of carboxylic acid groups (broad SMARTS) is 1. The number of amides is 1. The lowest BCUT2D eigenvalue weighted by atomic mass is 10.0. The summed E-state index contributed by atoms with van der Waals surface area (Å²) >= 11 is 0. The zero-order valence-corrected chi connectivity index (χ0v) is 21.8. The first-order valence-electron chi connectivity index (χ1n) is 11.8. The number of fused-ring (bicyclic) bond motifs is 1. The molecule has 0 aliphatic rings. The number of carbonyl (C=O) groups excluding carboxylic acids is 1. The van der Waals surface area contributed by atoms with Crippen LogP contribution < -0.4 is 16.0 Å². The van der Waals surface area contributed by atoms with Crippen LogP contribution in [0.2, 0.25) is 0 Å². The van der Waals surface area contributed by atoms with E-state index >= 15 is 0 Å².